The molecule has 3 rings (SSSR count). The number of rotatable bonds is 8. The highest BCUT2D eigenvalue weighted by atomic mass is 35.5. The molecular formula is C24H30Cl2FNO2. The maximum atomic E-state index is 14.1. The summed E-state index contributed by atoms with van der Waals surface area (Å²) in [4.78, 5) is 0. The van der Waals surface area contributed by atoms with Crippen LogP contribution in [-0.2, 0) is 13.2 Å². The zero-order chi connectivity index (χ0) is 21.3. The molecule has 0 saturated heterocycles. The van der Waals surface area contributed by atoms with Gasteiger partial charge in [0.15, 0.2) is 11.5 Å². The number of nitrogens with one attached hydrogen (secondary N) is 1. The molecular weight excluding hydrogens is 424 g/mol. The molecule has 0 amide bonds. The Morgan fingerprint density at radius 1 is 1.00 bits per heavy atom. The Morgan fingerprint density at radius 2 is 1.73 bits per heavy atom. The SMILES string of the molecule is CCOc1cc(CNC2CCCCCCC2)cc(Cl)c1OCc1c(F)cccc1Cl. The smallest absolute Gasteiger partial charge is 0.180 e. The highest BCUT2D eigenvalue weighted by Gasteiger charge is 2.16. The molecule has 2 aromatic rings. The van der Waals surface area contributed by atoms with Crippen LogP contribution >= 0.6 is 23.2 Å². The zero-order valence-corrected chi connectivity index (χ0v) is 19.0. The van der Waals surface area contributed by atoms with E-state index in [1.165, 1.54) is 51.0 Å². The van der Waals surface area contributed by atoms with Crippen molar-refractivity contribution in [1.82, 2.24) is 5.32 Å². The molecule has 1 aliphatic rings. The van der Waals surface area contributed by atoms with Crippen molar-refractivity contribution in [3.63, 3.8) is 0 Å². The molecule has 0 bridgehead atoms. The Kier molecular flexibility index (Phi) is 9.10. The second kappa shape index (κ2) is 11.8. The molecule has 0 radical (unpaired) electrons. The second-order valence-electron chi connectivity index (χ2n) is 7.75. The van der Waals surface area contributed by atoms with Crippen LogP contribution in [0.3, 0.4) is 0 Å². The number of benzene rings is 2. The summed E-state index contributed by atoms with van der Waals surface area (Å²) < 4.78 is 25.7. The van der Waals surface area contributed by atoms with Gasteiger partial charge in [0.1, 0.15) is 12.4 Å². The van der Waals surface area contributed by atoms with Crippen LogP contribution in [0.2, 0.25) is 10.0 Å². The summed E-state index contributed by atoms with van der Waals surface area (Å²) in [6.07, 6.45) is 9.03. The normalized spacial score (nSPS) is 15.5. The summed E-state index contributed by atoms with van der Waals surface area (Å²) in [6.45, 7) is 3.09. The average Bonchev–Trinajstić information content (AvgIpc) is 2.68. The Bertz CT molecular complexity index is 803. The Hall–Kier alpha value is -1.49. The Labute approximate surface area is 188 Å². The van der Waals surface area contributed by atoms with Gasteiger partial charge in [0, 0.05) is 18.2 Å². The average molecular weight is 454 g/mol. The molecule has 0 aliphatic heterocycles. The highest BCUT2D eigenvalue weighted by molar-refractivity contribution is 6.32. The minimum atomic E-state index is -0.406. The van der Waals surface area contributed by atoms with Crippen molar-refractivity contribution in [2.75, 3.05) is 6.61 Å². The lowest BCUT2D eigenvalue weighted by Gasteiger charge is -2.22. The van der Waals surface area contributed by atoms with Gasteiger partial charge in [-0.3, -0.25) is 0 Å². The molecule has 0 atom stereocenters. The summed E-state index contributed by atoms with van der Waals surface area (Å²) in [5, 5.41) is 4.44. The summed E-state index contributed by atoms with van der Waals surface area (Å²) in [7, 11) is 0. The van der Waals surface area contributed by atoms with Gasteiger partial charge in [-0.15, -0.1) is 0 Å². The molecule has 0 unspecified atom stereocenters. The fraction of sp³-hybridized carbons (Fsp3) is 0.500. The number of hydrogen-bond acceptors (Lipinski definition) is 3. The molecule has 1 saturated carbocycles. The Morgan fingerprint density at radius 3 is 2.43 bits per heavy atom. The van der Waals surface area contributed by atoms with Crippen molar-refractivity contribution >= 4 is 23.2 Å². The molecule has 3 nitrogen and oxygen atoms in total. The summed E-state index contributed by atoms with van der Waals surface area (Å²) in [5.74, 6) is 0.566. The predicted molar refractivity (Wildman–Crippen MR) is 121 cm³/mol. The van der Waals surface area contributed by atoms with Crippen LogP contribution in [-0.4, -0.2) is 12.6 Å². The van der Waals surface area contributed by atoms with E-state index in [1.54, 1.807) is 12.1 Å². The lowest BCUT2D eigenvalue weighted by atomic mass is 9.96. The van der Waals surface area contributed by atoms with Crippen LogP contribution in [0.4, 0.5) is 4.39 Å². The van der Waals surface area contributed by atoms with Gasteiger partial charge in [0.05, 0.1) is 16.7 Å². The zero-order valence-electron chi connectivity index (χ0n) is 17.5. The van der Waals surface area contributed by atoms with E-state index in [4.69, 9.17) is 32.7 Å². The van der Waals surface area contributed by atoms with Crippen molar-refractivity contribution in [3.05, 3.63) is 57.3 Å². The van der Waals surface area contributed by atoms with Crippen LogP contribution in [0.15, 0.2) is 30.3 Å². The molecule has 0 spiro atoms. The van der Waals surface area contributed by atoms with Gasteiger partial charge in [-0.2, -0.15) is 0 Å². The molecule has 2 aromatic carbocycles. The molecule has 30 heavy (non-hydrogen) atoms. The van der Waals surface area contributed by atoms with E-state index in [9.17, 15) is 4.39 Å². The van der Waals surface area contributed by atoms with E-state index in [1.807, 2.05) is 19.1 Å². The van der Waals surface area contributed by atoms with Crippen molar-refractivity contribution < 1.29 is 13.9 Å². The largest absolute Gasteiger partial charge is 0.490 e. The molecule has 164 valence electrons. The van der Waals surface area contributed by atoms with Crippen molar-refractivity contribution in [3.8, 4) is 11.5 Å². The topological polar surface area (TPSA) is 30.5 Å². The lowest BCUT2D eigenvalue weighted by Crippen LogP contribution is -2.29. The molecule has 0 aromatic heterocycles. The van der Waals surface area contributed by atoms with Gasteiger partial charge in [0.2, 0.25) is 0 Å². The highest BCUT2D eigenvalue weighted by Crippen LogP contribution is 2.38. The van der Waals surface area contributed by atoms with E-state index in [2.05, 4.69) is 5.32 Å². The quantitative estimate of drug-likeness (QED) is 0.454. The number of hydrogen-bond donors (Lipinski definition) is 1. The number of halogens is 3. The van der Waals surface area contributed by atoms with Gasteiger partial charge >= 0.3 is 0 Å². The predicted octanol–water partition coefficient (Wildman–Crippen LogP) is 7.31. The standard InChI is InChI=1S/C24H30Cl2FNO2/c1-2-29-23-14-17(15-28-18-9-6-4-3-5-7-10-18)13-21(26)24(23)30-16-19-20(25)11-8-12-22(19)27/h8,11-14,18,28H,2-7,9-10,15-16H2,1H3. The second-order valence-corrected chi connectivity index (χ2v) is 8.56. The Balaban J connectivity index is 1.70. The lowest BCUT2D eigenvalue weighted by molar-refractivity contribution is 0.265. The summed E-state index contributed by atoms with van der Waals surface area (Å²) in [6, 6.07) is 8.94. The number of ether oxygens (including phenoxy) is 2. The first kappa shape index (κ1) is 23.2. The minimum absolute atomic E-state index is 0.0228. The van der Waals surface area contributed by atoms with Crippen LogP contribution < -0.4 is 14.8 Å². The summed E-state index contributed by atoms with van der Waals surface area (Å²) in [5.41, 5.74) is 1.34. The summed E-state index contributed by atoms with van der Waals surface area (Å²) >= 11 is 12.6. The van der Waals surface area contributed by atoms with Gasteiger partial charge < -0.3 is 14.8 Å². The third-order valence-corrected chi connectivity index (χ3v) is 6.13. The third kappa shape index (κ3) is 6.50. The van der Waals surface area contributed by atoms with E-state index in [0.29, 0.717) is 39.8 Å². The van der Waals surface area contributed by atoms with Crippen molar-refractivity contribution in [2.24, 2.45) is 0 Å². The monoisotopic (exact) mass is 453 g/mol. The first-order valence-corrected chi connectivity index (χ1v) is 11.6. The van der Waals surface area contributed by atoms with Gasteiger partial charge in [0.25, 0.3) is 0 Å². The van der Waals surface area contributed by atoms with Gasteiger partial charge in [-0.1, -0.05) is 61.4 Å². The van der Waals surface area contributed by atoms with Gasteiger partial charge in [-0.25, -0.2) is 4.39 Å². The van der Waals surface area contributed by atoms with Crippen molar-refractivity contribution in [1.29, 1.82) is 0 Å². The minimum Gasteiger partial charge on any atom is -0.490 e. The van der Waals surface area contributed by atoms with E-state index >= 15 is 0 Å². The fourth-order valence-electron chi connectivity index (χ4n) is 3.86. The van der Waals surface area contributed by atoms with E-state index in [0.717, 1.165) is 12.1 Å². The molecule has 1 aliphatic carbocycles. The first-order valence-electron chi connectivity index (χ1n) is 10.8. The third-order valence-electron chi connectivity index (χ3n) is 5.49. The first-order chi connectivity index (χ1) is 14.6. The van der Waals surface area contributed by atoms with Crippen LogP contribution in [0, 0.1) is 5.82 Å². The molecule has 6 heteroatoms. The molecule has 0 heterocycles. The van der Waals surface area contributed by atoms with Crippen molar-refractivity contribution in [2.45, 2.75) is 71.1 Å². The van der Waals surface area contributed by atoms with Crippen LogP contribution in [0.1, 0.15) is 63.0 Å². The van der Waals surface area contributed by atoms with E-state index in [-0.39, 0.29) is 6.61 Å². The van der Waals surface area contributed by atoms with Crippen LogP contribution in [0.25, 0.3) is 0 Å². The molecule has 1 N–H and O–H groups in total. The van der Waals surface area contributed by atoms with Crippen LogP contribution in [0.5, 0.6) is 11.5 Å². The van der Waals surface area contributed by atoms with Gasteiger partial charge in [-0.05, 0) is 49.6 Å². The maximum Gasteiger partial charge on any atom is 0.180 e. The maximum absolute atomic E-state index is 14.1. The fourth-order valence-corrected chi connectivity index (χ4v) is 4.37. The van der Waals surface area contributed by atoms with E-state index < -0.39 is 5.82 Å². The molecule has 1 fully saturated rings.